The van der Waals surface area contributed by atoms with Crippen molar-refractivity contribution in [3.05, 3.63) is 23.8 Å². The maximum atomic E-state index is 12.2. The second-order valence-electron chi connectivity index (χ2n) is 8.90. The minimum absolute atomic E-state index is 0.278. The molecule has 0 saturated heterocycles. The SMILES string of the molecule is CC(C)CCCC(=O)Oc1ccc(CC(C)C)cc1OC(=O)CCCC(C)C. The second-order valence-corrected chi connectivity index (χ2v) is 8.90. The molecule has 0 heterocycles. The Kier molecular flexibility index (Phi) is 10.9. The van der Waals surface area contributed by atoms with Gasteiger partial charge in [-0.25, -0.2) is 0 Å². The van der Waals surface area contributed by atoms with Crippen LogP contribution in [0.3, 0.4) is 0 Å². The molecule has 0 aromatic heterocycles. The summed E-state index contributed by atoms with van der Waals surface area (Å²) < 4.78 is 11.1. The first-order valence-electron chi connectivity index (χ1n) is 10.7. The van der Waals surface area contributed by atoms with Gasteiger partial charge < -0.3 is 9.47 Å². The average molecular weight is 391 g/mol. The molecule has 0 radical (unpaired) electrons. The predicted octanol–water partition coefficient (Wildman–Crippen LogP) is 6.35. The molecule has 1 rings (SSSR count). The van der Waals surface area contributed by atoms with Gasteiger partial charge in [0.25, 0.3) is 0 Å². The summed E-state index contributed by atoms with van der Waals surface area (Å²) in [6.07, 6.45) is 5.18. The van der Waals surface area contributed by atoms with Crippen LogP contribution >= 0.6 is 0 Å². The van der Waals surface area contributed by atoms with Crippen LogP contribution < -0.4 is 9.47 Å². The molecule has 4 nitrogen and oxygen atoms in total. The van der Waals surface area contributed by atoms with E-state index in [1.807, 2.05) is 12.1 Å². The predicted molar refractivity (Wildman–Crippen MR) is 114 cm³/mol. The van der Waals surface area contributed by atoms with Gasteiger partial charge in [-0.2, -0.15) is 0 Å². The Labute approximate surface area is 171 Å². The van der Waals surface area contributed by atoms with E-state index >= 15 is 0 Å². The van der Waals surface area contributed by atoms with Crippen LogP contribution in [0.15, 0.2) is 18.2 Å². The molecule has 1 aromatic rings. The monoisotopic (exact) mass is 390 g/mol. The number of carbonyl (C=O) groups excluding carboxylic acids is 2. The summed E-state index contributed by atoms with van der Waals surface area (Å²) in [7, 11) is 0. The third-order valence-electron chi connectivity index (χ3n) is 4.42. The lowest BCUT2D eigenvalue weighted by atomic mass is 10.0. The first kappa shape index (κ1) is 24.2. The molecule has 0 fully saturated rings. The molecule has 0 aliphatic rings. The number of carbonyl (C=O) groups is 2. The number of hydrogen-bond acceptors (Lipinski definition) is 4. The lowest BCUT2D eigenvalue weighted by Gasteiger charge is -2.14. The van der Waals surface area contributed by atoms with E-state index in [4.69, 9.17) is 9.47 Å². The number of esters is 2. The van der Waals surface area contributed by atoms with Crippen molar-refractivity contribution >= 4 is 11.9 Å². The number of hydrogen-bond donors (Lipinski definition) is 0. The molecule has 0 atom stereocenters. The summed E-state index contributed by atoms with van der Waals surface area (Å²) in [5.41, 5.74) is 1.07. The Morgan fingerprint density at radius 1 is 0.750 bits per heavy atom. The molecule has 158 valence electrons. The Morgan fingerprint density at radius 2 is 1.25 bits per heavy atom. The first-order valence-corrected chi connectivity index (χ1v) is 10.7. The zero-order valence-corrected chi connectivity index (χ0v) is 18.5. The Morgan fingerprint density at radius 3 is 1.71 bits per heavy atom. The third-order valence-corrected chi connectivity index (χ3v) is 4.42. The Hall–Kier alpha value is -1.84. The summed E-state index contributed by atoms with van der Waals surface area (Å²) in [6.45, 7) is 12.8. The van der Waals surface area contributed by atoms with E-state index in [1.165, 1.54) is 0 Å². The Balaban J connectivity index is 2.80. The van der Waals surface area contributed by atoms with Crippen molar-refractivity contribution in [3.63, 3.8) is 0 Å². The van der Waals surface area contributed by atoms with Gasteiger partial charge in [0.2, 0.25) is 0 Å². The summed E-state index contributed by atoms with van der Waals surface area (Å²) >= 11 is 0. The van der Waals surface area contributed by atoms with Crippen LogP contribution in [0.1, 0.15) is 85.6 Å². The van der Waals surface area contributed by atoms with E-state index in [-0.39, 0.29) is 11.9 Å². The molecule has 28 heavy (non-hydrogen) atoms. The molecule has 0 amide bonds. The van der Waals surface area contributed by atoms with Gasteiger partial charge in [-0.1, -0.05) is 60.5 Å². The van der Waals surface area contributed by atoms with Gasteiger partial charge in [-0.3, -0.25) is 9.59 Å². The summed E-state index contributed by atoms with van der Waals surface area (Å²) in [5.74, 6) is 1.73. The van der Waals surface area contributed by atoms with Gasteiger partial charge in [0.05, 0.1) is 0 Å². The van der Waals surface area contributed by atoms with Crippen LogP contribution in [0.4, 0.5) is 0 Å². The molecule has 0 unspecified atom stereocenters. The third kappa shape index (κ3) is 10.5. The molecule has 0 spiro atoms. The highest BCUT2D eigenvalue weighted by Crippen LogP contribution is 2.30. The lowest BCUT2D eigenvalue weighted by molar-refractivity contribution is -0.137. The highest BCUT2D eigenvalue weighted by Gasteiger charge is 2.15. The van der Waals surface area contributed by atoms with Crippen molar-refractivity contribution < 1.29 is 19.1 Å². The molecule has 0 saturated carbocycles. The lowest BCUT2D eigenvalue weighted by Crippen LogP contribution is -2.13. The molecule has 1 aromatic carbocycles. The van der Waals surface area contributed by atoms with E-state index in [0.29, 0.717) is 42.1 Å². The van der Waals surface area contributed by atoms with Crippen LogP contribution in [-0.4, -0.2) is 11.9 Å². The highest BCUT2D eigenvalue weighted by atomic mass is 16.6. The van der Waals surface area contributed by atoms with E-state index < -0.39 is 0 Å². The Bertz CT molecular complexity index is 617. The fraction of sp³-hybridized carbons (Fsp3) is 0.667. The molecule has 4 heteroatoms. The first-order chi connectivity index (χ1) is 13.2. The molecule has 0 aliphatic heterocycles. The van der Waals surface area contributed by atoms with Gasteiger partial charge >= 0.3 is 11.9 Å². The van der Waals surface area contributed by atoms with Gasteiger partial charge in [-0.15, -0.1) is 0 Å². The molecular weight excluding hydrogens is 352 g/mol. The van der Waals surface area contributed by atoms with Crippen LogP contribution in [0.5, 0.6) is 11.5 Å². The van der Waals surface area contributed by atoms with Crippen LogP contribution in [-0.2, 0) is 16.0 Å². The number of benzene rings is 1. The number of rotatable bonds is 12. The second kappa shape index (κ2) is 12.6. The minimum Gasteiger partial charge on any atom is -0.423 e. The van der Waals surface area contributed by atoms with Crippen molar-refractivity contribution in [2.45, 2.75) is 86.5 Å². The highest BCUT2D eigenvalue weighted by molar-refractivity contribution is 5.76. The van der Waals surface area contributed by atoms with Crippen molar-refractivity contribution in [1.82, 2.24) is 0 Å². The molecule has 0 N–H and O–H groups in total. The smallest absolute Gasteiger partial charge is 0.311 e. The topological polar surface area (TPSA) is 52.6 Å². The van der Waals surface area contributed by atoms with Gasteiger partial charge in [0, 0.05) is 12.8 Å². The standard InChI is InChI=1S/C24H38O4/c1-17(2)9-7-11-23(25)27-21-14-13-20(15-19(5)6)16-22(21)28-24(26)12-8-10-18(3)4/h13-14,16-19H,7-12,15H2,1-6H3. The van der Waals surface area contributed by atoms with Gasteiger partial charge in [0.15, 0.2) is 11.5 Å². The van der Waals surface area contributed by atoms with Crippen molar-refractivity contribution in [3.8, 4) is 11.5 Å². The van der Waals surface area contributed by atoms with E-state index in [9.17, 15) is 9.59 Å². The average Bonchev–Trinajstić information content (AvgIpc) is 2.56. The van der Waals surface area contributed by atoms with Gasteiger partial charge in [0.1, 0.15) is 0 Å². The number of ether oxygens (including phenoxy) is 2. The van der Waals surface area contributed by atoms with Gasteiger partial charge in [-0.05, 0) is 54.7 Å². The van der Waals surface area contributed by atoms with Crippen molar-refractivity contribution in [1.29, 1.82) is 0 Å². The summed E-state index contributed by atoms with van der Waals surface area (Å²) in [4.78, 5) is 24.4. The van der Waals surface area contributed by atoms with Crippen molar-refractivity contribution in [2.75, 3.05) is 0 Å². The fourth-order valence-electron chi connectivity index (χ4n) is 2.97. The van der Waals surface area contributed by atoms with Crippen LogP contribution in [0.2, 0.25) is 0 Å². The molecule has 0 aliphatic carbocycles. The molecular formula is C24H38O4. The van der Waals surface area contributed by atoms with Crippen LogP contribution in [0, 0.1) is 17.8 Å². The quantitative estimate of drug-likeness (QED) is 0.308. The fourth-order valence-corrected chi connectivity index (χ4v) is 2.97. The van der Waals surface area contributed by atoms with E-state index in [0.717, 1.165) is 37.7 Å². The van der Waals surface area contributed by atoms with Crippen molar-refractivity contribution in [2.24, 2.45) is 17.8 Å². The molecule has 0 bridgehead atoms. The normalized spacial score (nSPS) is 11.3. The van der Waals surface area contributed by atoms with E-state index in [2.05, 4.69) is 41.5 Å². The minimum atomic E-state index is -0.283. The van der Waals surface area contributed by atoms with E-state index in [1.54, 1.807) is 6.07 Å². The van der Waals surface area contributed by atoms with Crippen LogP contribution in [0.25, 0.3) is 0 Å². The largest absolute Gasteiger partial charge is 0.423 e. The maximum Gasteiger partial charge on any atom is 0.311 e. The summed E-state index contributed by atoms with van der Waals surface area (Å²) in [5, 5.41) is 0. The summed E-state index contributed by atoms with van der Waals surface area (Å²) in [6, 6.07) is 5.51. The maximum absolute atomic E-state index is 12.2. The zero-order chi connectivity index (χ0) is 21.1. The zero-order valence-electron chi connectivity index (χ0n) is 18.5.